The average Bonchev–Trinajstić information content (AvgIpc) is 2.46. The molecule has 0 aliphatic carbocycles. The molecule has 4 heterocycles. The zero-order valence-corrected chi connectivity index (χ0v) is 50.7. The molecule has 29 heteroatoms. The van der Waals surface area contributed by atoms with Gasteiger partial charge >= 0.3 is 47.8 Å². The Morgan fingerprint density at radius 1 is 0.437 bits per heavy atom. The molecule has 12 N–H and O–H groups in total. The molecule has 0 saturated carbocycles. The fraction of sp³-hybridized carbons (Fsp3) is 0.414. The number of carboxylic acid groups (broad SMARTS) is 8. The van der Waals surface area contributed by atoms with Crippen LogP contribution in [0.3, 0.4) is 0 Å². The van der Waals surface area contributed by atoms with Crippen LogP contribution in [0.5, 0.6) is 10.4 Å². The van der Waals surface area contributed by atoms with Gasteiger partial charge < -0.3 is 76.2 Å². The Balaban J connectivity index is 0.000000429. The van der Waals surface area contributed by atoms with E-state index in [4.69, 9.17) is 88.7 Å². The van der Waals surface area contributed by atoms with E-state index < -0.39 is 47.8 Å². The number of nitrogens with one attached hydrogen (secondary N) is 2. The molecule has 476 valence electrons. The number of nitrogens with zero attached hydrogens (tertiary/aromatic N) is 6. The van der Waals surface area contributed by atoms with Crippen molar-refractivity contribution in [2.24, 2.45) is 0 Å². The summed E-state index contributed by atoms with van der Waals surface area (Å²) in [5, 5.41) is 68.0. The van der Waals surface area contributed by atoms with Crippen molar-refractivity contribution in [2.45, 2.75) is 78.7 Å². The van der Waals surface area contributed by atoms with Crippen LogP contribution in [0.2, 0.25) is 0 Å². The van der Waals surface area contributed by atoms with Crippen LogP contribution in [0.25, 0.3) is 20.4 Å². The van der Waals surface area contributed by atoms with Gasteiger partial charge in [0.15, 0.2) is 0 Å². The number of thiazole rings is 2. The second-order valence-electron chi connectivity index (χ2n) is 19.9. The summed E-state index contributed by atoms with van der Waals surface area (Å²) in [4.78, 5) is 92.3. The molecule has 6 aromatic rings. The van der Waals surface area contributed by atoms with Crippen molar-refractivity contribution in [1.29, 1.82) is 0 Å². The first-order valence-corrected chi connectivity index (χ1v) is 28.8. The number of aliphatic carboxylic acids is 8. The number of benzene rings is 4. The highest BCUT2D eigenvalue weighted by Gasteiger charge is 2.21. The van der Waals surface area contributed by atoms with Gasteiger partial charge in [-0.2, -0.15) is 0 Å². The molecular formula is C58H78N8O19S2. The normalized spacial score (nSPS) is 13.9. The highest BCUT2D eigenvalue weighted by Crippen LogP contribution is 2.32. The van der Waals surface area contributed by atoms with E-state index in [1.807, 2.05) is 27.7 Å². The van der Waals surface area contributed by atoms with Crippen LogP contribution >= 0.6 is 22.7 Å². The highest BCUT2D eigenvalue weighted by molar-refractivity contribution is 7.20. The van der Waals surface area contributed by atoms with E-state index >= 15 is 0 Å². The molecule has 0 radical (unpaired) electrons. The molecule has 87 heavy (non-hydrogen) atoms. The molecule has 2 saturated heterocycles. The molecule has 2 aliphatic rings. The van der Waals surface area contributed by atoms with Gasteiger partial charge in [-0.15, -0.1) is 0 Å². The Morgan fingerprint density at radius 2 is 0.713 bits per heavy atom. The maximum Gasteiger partial charge on any atom is 0.414 e. The molecule has 8 rings (SSSR count). The Hall–Kier alpha value is -8.58. The van der Waals surface area contributed by atoms with Crippen molar-refractivity contribution in [3.8, 4) is 10.4 Å². The number of fused-ring (bicyclic) bond motifs is 2. The third-order valence-electron chi connectivity index (χ3n) is 12.1. The number of hydrogen-bond donors (Lipinski definition) is 10. The lowest BCUT2D eigenvalue weighted by atomic mass is 10.1. The maximum atomic E-state index is 9.10. The number of carbonyl (C=O) groups is 8. The molecule has 4 aromatic carbocycles. The van der Waals surface area contributed by atoms with Gasteiger partial charge in [0.25, 0.3) is 10.4 Å². The summed E-state index contributed by atoms with van der Waals surface area (Å²) in [6, 6.07) is 35.2. The van der Waals surface area contributed by atoms with Gasteiger partial charge in [-0.1, -0.05) is 83.3 Å². The summed E-state index contributed by atoms with van der Waals surface area (Å²) >= 11 is 3.23. The third-order valence-corrected chi connectivity index (χ3v) is 13.9. The lowest BCUT2D eigenvalue weighted by molar-refractivity contribution is -0.159. The number of ether oxygens (including phenoxy) is 2. The Kier molecular flexibility index (Phi) is 33.6. The van der Waals surface area contributed by atoms with Crippen LogP contribution in [-0.4, -0.2) is 226 Å². The third kappa shape index (κ3) is 30.9. The molecule has 2 aromatic heterocycles. The van der Waals surface area contributed by atoms with Gasteiger partial charge in [0.1, 0.15) is 0 Å². The van der Waals surface area contributed by atoms with Gasteiger partial charge in [-0.05, 0) is 102 Å². The lowest BCUT2D eigenvalue weighted by Crippen LogP contribution is -2.49. The first-order chi connectivity index (χ1) is 40.7. The topological polar surface area (TPSA) is 411 Å². The van der Waals surface area contributed by atoms with Gasteiger partial charge in [-0.3, -0.25) is 9.80 Å². The number of rotatable bonds is 18. The van der Waals surface area contributed by atoms with E-state index in [0.717, 1.165) is 124 Å². The second kappa shape index (κ2) is 39.2. The van der Waals surface area contributed by atoms with Crippen molar-refractivity contribution in [1.82, 2.24) is 29.6 Å². The minimum absolute atomic E-state index is 0. The van der Waals surface area contributed by atoms with E-state index in [2.05, 4.69) is 151 Å². The number of piperazine rings is 2. The monoisotopic (exact) mass is 1250 g/mol. The molecule has 0 amide bonds. The summed E-state index contributed by atoms with van der Waals surface area (Å²) in [7, 11) is 0. The molecule has 0 bridgehead atoms. The van der Waals surface area contributed by atoms with Crippen molar-refractivity contribution < 1.29 is 94.2 Å². The molecule has 27 nitrogen and oxygen atoms in total. The largest absolute Gasteiger partial charge is 0.473 e. The van der Waals surface area contributed by atoms with Crippen molar-refractivity contribution >= 4 is 102 Å². The fourth-order valence-electron chi connectivity index (χ4n) is 8.18. The minimum Gasteiger partial charge on any atom is -0.473 e. The van der Waals surface area contributed by atoms with Gasteiger partial charge in [0.05, 0.1) is 32.6 Å². The van der Waals surface area contributed by atoms with Gasteiger partial charge in [0.2, 0.25) is 0 Å². The standard InChI is InChI=1S/2C25H34N4OS.4C2H2O4.H2O/c2*1-19(2)30-25-27-23-10-9-22(17-24(23)31-25)26-20(3)18-29-15-13-28(14-16-29)12-11-21-7-5-4-6-8-21;4*3-1(4)2(5)6;/h2*4-10,17,19-20,26H,11-16,18H2,1-3H3;4*(H,3,4)(H,5,6);1H2. The SMILES string of the molecule is CC(CN1CCN(CCc2ccccc2)CC1)Nc1ccc2nc(OC(C)C)sc2c1.CC(CN1CCN(CCc2ccccc2)CC1)Nc1ccc2nc(OC(C)C)sc2c1.O.O=C(O)C(=O)O.O=C(O)C(=O)O.O=C(O)C(=O)O.O=C(O)C(=O)O. The van der Waals surface area contributed by atoms with Crippen molar-refractivity contribution in [2.75, 3.05) is 89.2 Å². The predicted molar refractivity (Wildman–Crippen MR) is 328 cm³/mol. The lowest BCUT2D eigenvalue weighted by Gasteiger charge is -2.36. The summed E-state index contributed by atoms with van der Waals surface area (Å²) in [6.07, 6.45) is 2.58. The van der Waals surface area contributed by atoms with Gasteiger partial charge in [0, 0.05) is 102 Å². The quantitative estimate of drug-likeness (QED) is 0.0489. The molecule has 2 fully saturated rings. The number of hydrogen-bond acceptors (Lipinski definition) is 20. The minimum atomic E-state index is -1.82. The van der Waals surface area contributed by atoms with Crippen LogP contribution in [-0.2, 0) is 51.2 Å². The summed E-state index contributed by atoms with van der Waals surface area (Å²) in [6.45, 7) is 26.3. The Bertz CT molecular complexity index is 2800. The highest BCUT2D eigenvalue weighted by atomic mass is 32.1. The summed E-state index contributed by atoms with van der Waals surface area (Å²) in [5.41, 5.74) is 7.19. The fourth-order valence-corrected chi connectivity index (χ4v) is 10.1. The van der Waals surface area contributed by atoms with Crippen molar-refractivity contribution in [3.63, 3.8) is 0 Å². The summed E-state index contributed by atoms with van der Waals surface area (Å²) < 4.78 is 13.8. The summed E-state index contributed by atoms with van der Waals surface area (Å²) in [5.74, 6) is -14.6. The van der Waals surface area contributed by atoms with Crippen LogP contribution in [0, 0.1) is 0 Å². The number of carboxylic acids is 8. The van der Waals surface area contributed by atoms with E-state index in [1.165, 1.54) is 20.5 Å². The smallest absolute Gasteiger partial charge is 0.414 e. The Morgan fingerprint density at radius 3 is 0.977 bits per heavy atom. The van der Waals surface area contributed by atoms with Crippen LogP contribution in [0.1, 0.15) is 52.7 Å². The molecule has 0 spiro atoms. The molecular weight excluding hydrogens is 1180 g/mol. The first-order valence-electron chi connectivity index (χ1n) is 27.2. The molecule has 2 atom stereocenters. The van der Waals surface area contributed by atoms with Gasteiger partial charge in [-0.25, -0.2) is 48.3 Å². The zero-order valence-electron chi connectivity index (χ0n) is 49.1. The van der Waals surface area contributed by atoms with Crippen LogP contribution in [0.15, 0.2) is 97.1 Å². The number of aromatic nitrogens is 2. The second-order valence-corrected chi connectivity index (χ2v) is 21.9. The molecule has 2 aliphatic heterocycles. The maximum absolute atomic E-state index is 9.10. The zero-order chi connectivity index (χ0) is 63.9. The van der Waals surface area contributed by atoms with Crippen LogP contribution in [0.4, 0.5) is 11.4 Å². The predicted octanol–water partition coefficient (Wildman–Crippen LogP) is 5.29. The van der Waals surface area contributed by atoms with E-state index in [9.17, 15) is 0 Å². The van der Waals surface area contributed by atoms with E-state index in [1.54, 1.807) is 22.7 Å². The Labute approximate surface area is 510 Å². The number of anilines is 2. The average molecular weight is 1260 g/mol. The molecule has 2 unspecified atom stereocenters. The first kappa shape index (κ1) is 74.5. The van der Waals surface area contributed by atoms with Crippen LogP contribution < -0.4 is 20.1 Å². The van der Waals surface area contributed by atoms with Crippen molar-refractivity contribution in [3.05, 3.63) is 108 Å². The van der Waals surface area contributed by atoms with E-state index in [0.29, 0.717) is 12.1 Å². The van der Waals surface area contributed by atoms with E-state index in [-0.39, 0.29) is 17.7 Å².